The second-order valence-corrected chi connectivity index (χ2v) is 6.63. The van der Waals surface area contributed by atoms with Gasteiger partial charge in [0.05, 0.1) is 5.02 Å². The van der Waals surface area contributed by atoms with E-state index in [9.17, 15) is 0 Å². The summed E-state index contributed by atoms with van der Waals surface area (Å²) in [5.41, 5.74) is 1.14. The Morgan fingerprint density at radius 3 is 2.52 bits per heavy atom. The molecule has 4 heteroatoms. The molecule has 1 unspecified atom stereocenters. The quantitative estimate of drug-likeness (QED) is 0.734. The fourth-order valence-corrected chi connectivity index (χ4v) is 2.48. The third kappa shape index (κ3) is 6.23. The van der Waals surface area contributed by atoms with Gasteiger partial charge in [-0.2, -0.15) is 0 Å². The fraction of sp³-hybridized carbons (Fsp3) is 0.706. The SMILES string of the molecule is CCC(C)CN(CC)c1ncc(CNCC(C)C)cc1Cl. The van der Waals surface area contributed by atoms with Crippen molar-refractivity contribution < 1.29 is 0 Å². The predicted octanol–water partition coefficient (Wildman–Crippen LogP) is 4.35. The molecule has 0 saturated carbocycles. The Bertz CT molecular complexity index is 420. The molecule has 120 valence electrons. The van der Waals surface area contributed by atoms with Crippen molar-refractivity contribution >= 4 is 17.4 Å². The Balaban J connectivity index is 2.71. The lowest BCUT2D eigenvalue weighted by atomic mass is 10.1. The van der Waals surface area contributed by atoms with E-state index in [4.69, 9.17) is 11.6 Å². The van der Waals surface area contributed by atoms with Crippen molar-refractivity contribution in [1.82, 2.24) is 10.3 Å². The number of hydrogen-bond acceptors (Lipinski definition) is 3. The van der Waals surface area contributed by atoms with Crippen LogP contribution in [0.25, 0.3) is 0 Å². The molecule has 0 aliphatic heterocycles. The van der Waals surface area contributed by atoms with E-state index in [1.165, 1.54) is 6.42 Å². The molecule has 0 bridgehead atoms. The summed E-state index contributed by atoms with van der Waals surface area (Å²) < 4.78 is 0. The minimum Gasteiger partial charge on any atom is -0.355 e. The van der Waals surface area contributed by atoms with Gasteiger partial charge in [-0.3, -0.25) is 0 Å². The van der Waals surface area contributed by atoms with Gasteiger partial charge in [-0.1, -0.05) is 45.7 Å². The summed E-state index contributed by atoms with van der Waals surface area (Å²) in [6.45, 7) is 14.8. The van der Waals surface area contributed by atoms with Crippen LogP contribution in [0.5, 0.6) is 0 Å². The zero-order chi connectivity index (χ0) is 15.8. The van der Waals surface area contributed by atoms with E-state index < -0.39 is 0 Å². The summed E-state index contributed by atoms with van der Waals surface area (Å²) in [5, 5.41) is 4.17. The van der Waals surface area contributed by atoms with Crippen LogP contribution in [-0.4, -0.2) is 24.6 Å². The number of nitrogens with zero attached hydrogens (tertiary/aromatic N) is 2. The number of aromatic nitrogens is 1. The monoisotopic (exact) mass is 311 g/mol. The molecule has 0 aliphatic carbocycles. The fourth-order valence-electron chi connectivity index (χ4n) is 2.18. The molecule has 1 aromatic heterocycles. The summed E-state index contributed by atoms with van der Waals surface area (Å²) in [6, 6.07) is 2.04. The molecule has 21 heavy (non-hydrogen) atoms. The van der Waals surface area contributed by atoms with Crippen LogP contribution in [0.2, 0.25) is 5.02 Å². The van der Waals surface area contributed by atoms with Gasteiger partial charge in [-0.25, -0.2) is 4.98 Å². The van der Waals surface area contributed by atoms with Crippen LogP contribution in [-0.2, 0) is 6.54 Å². The molecule has 3 nitrogen and oxygen atoms in total. The molecule has 1 atom stereocenters. The highest BCUT2D eigenvalue weighted by atomic mass is 35.5. The lowest BCUT2D eigenvalue weighted by Gasteiger charge is -2.26. The molecular formula is C17H30ClN3. The largest absolute Gasteiger partial charge is 0.355 e. The maximum absolute atomic E-state index is 6.44. The van der Waals surface area contributed by atoms with Gasteiger partial charge in [0, 0.05) is 25.8 Å². The molecule has 1 rings (SSSR count). The van der Waals surface area contributed by atoms with Crippen LogP contribution in [0.3, 0.4) is 0 Å². The van der Waals surface area contributed by atoms with E-state index >= 15 is 0 Å². The van der Waals surface area contributed by atoms with E-state index in [0.29, 0.717) is 11.8 Å². The average Bonchev–Trinajstić information content (AvgIpc) is 2.44. The minimum atomic E-state index is 0.648. The van der Waals surface area contributed by atoms with Gasteiger partial charge >= 0.3 is 0 Å². The van der Waals surface area contributed by atoms with Crippen molar-refractivity contribution in [2.75, 3.05) is 24.5 Å². The number of anilines is 1. The number of rotatable bonds is 9. The standard InChI is InChI=1S/C17H30ClN3/c1-6-14(5)12-21(7-2)17-16(18)8-15(11-20-17)10-19-9-13(3)4/h8,11,13-14,19H,6-7,9-10,12H2,1-5H3. The normalized spacial score (nSPS) is 12.7. The van der Waals surface area contributed by atoms with Gasteiger partial charge < -0.3 is 10.2 Å². The lowest BCUT2D eigenvalue weighted by Crippen LogP contribution is -2.29. The number of hydrogen-bond donors (Lipinski definition) is 1. The highest BCUT2D eigenvalue weighted by Gasteiger charge is 2.13. The Morgan fingerprint density at radius 2 is 2.00 bits per heavy atom. The first-order valence-electron chi connectivity index (χ1n) is 8.07. The summed E-state index contributed by atoms with van der Waals surface area (Å²) in [4.78, 5) is 6.85. The van der Waals surface area contributed by atoms with Crippen LogP contribution in [0.4, 0.5) is 5.82 Å². The highest BCUT2D eigenvalue weighted by molar-refractivity contribution is 6.33. The molecule has 0 aliphatic rings. The lowest BCUT2D eigenvalue weighted by molar-refractivity contribution is 0.544. The second-order valence-electron chi connectivity index (χ2n) is 6.23. The maximum atomic E-state index is 6.44. The Kier molecular flexibility index (Phi) is 8.05. The first kappa shape index (κ1) is 18.2. The van der Waals surface area contributed by atoms with E-state index in [1.54, 1.807) is 0 Å². The van der Waals surface area contributed by atoms with Crippen molar-refractivity contribution in [2.24, 2.45) is 11.8 Å². The maximum Gasteiger partial charge on any atom is 0.147 e. The van der Waals surface area contributed by atoms with Crippen LogP contribution in [0.1, 0.15) is 46.6 Å². The smallest absolute Gasteiger partial charge is 0.147 e. The van der Waals surface area contributed by atoms with E-state index in [1.807, 2.05) is 12.3 Å². The van der Waals surface area contributed by atoms with Crippen LogP contribution >= 0.6 is 11.6 Å². The zero-order valence-corrected chi connectivity index (χ0v) is 14.9. The van der Waals surface area contributed by atoms with Gasteiger partial charge in [0.15, 0.2) is 0 Å². The van der Waals surface area contributed by atoms with Crippen LogP contribution < -0.4 is 10.2 Å². The molecule has 0 radical (unpaired) electrons. The molecule has 0 spiro atoms. The van der Waals surface area contributed by atoms with Gasteiger partial charge in [-0.15, -0.1) is 0 Å². The third-order valence-corrected chi connectivity index (χ3v) is 3.95. The number of pyridine rings is 1. The first-order valence-corrected chi connectivity index (χ1v) is 8.45. The van der Waals surface area contributed by atoms with Crippen molar-refractivity contribution in [1.29, 1.82) is 0 Å². The summed E-state index contributed by atoms with van der Waals surface area (Å²) in [6.07, 6.45) is 3.11. The topological polar surface area (TPSA) is 28.2 Å². The number of nitrogens with one attached hydrogen (secondary N) is 1. The van der Waals surface area contributed by atoms with Crippen LogP contribution in [0, 0.1) is 11.8 Å². The van der Waals surface area contributed by atoms with E-state index in [2.05, 4.69) is 49.8 Å². The third-order valence-electron chi connectivity index (χ3n) is 3.67. The molecule has 0 saturated heterocycles. The van der Waals surface area contributed by atoms with Crippen molar-refractivity contribution in [2.45, 2.75) is 47.6 Å². The second kappa shape index (κ2) is 9.26. The van der Waals surface area contributed by atoms with Crippen molar-refractivity contribution in [3.8, 4) is 0 Å². The highest BCUT2D eigenvalue weighted by Crippen LogP contribution is 2.25. The summed E-state index contributed by atoms with van der Waals surface area (Å²) in [5.74, 6) is 2.21. The van der Waals surface area contributed by atoms with Crippen molar-refractivity contribution in [3.05, 3.63) is 22.8 Å². The summed E-state index contributed by atoms with van der Waals surface area (Å²) >= 11 is 6.44. The van der Waals surface area contributed by atoms with Crippen molar-refractivity contribution in [3.63, 3.8) is 0 Å². The molecule has 0 aromatic carbocycles. The van der Waals surface area contributed by atoms with E-state index in [-0.39, 0.29) is 0 Å². The zero-order valence-electron chi connectivity index (χ0n) is 14.1. The van der Waals surface area contributed by atoms with Gasteiger partial charge in [0.2, 0.25) is 0 Å². The van der Waals surface area contributed by atoms with Crippen LogP contribution in [0.15, 0.2) is 12.3 Å². The molecule has 1 heterocycles. The number of halogens is 1. The van der Waals surface area contributed by atoms with Gasteiger partial charge in [-0.05, 0) is 36.9 Å². The van der Waals surface area contributed by atoms with Gasteiger partial charge in [0.25, 0.3) is 0 Å². The van der Waals surface area contributed by atoms with E-state index in [0.717, 1.165) is 42.6 Å². The molecule has 0 fully saturated rings. The Labute approximate surface area is 135 Å². The molecule has 1 N–H and O–H groups in total. The molecular weight excluding hydrogens is 282 g/mol. The minimum absolute atomic E-state index is 0.648. The first-order chi connectivity index (χ1) is 9.97. The van der Waals surface area contributed by atoms with Gasteiger partial charge in [0.1, 0.15) is 5.82 Å². The Hall–Kier alpha value is -0.800. The predicted molar refractivity (Wildman–Crippen MR) is 93.1 cm³/mol. The average molecular weight is 312 g/mol. The molecule has 1 aromatic rings. The molecule has 0 amide bonds. The Morgan fingerprint density at radius 1 is 1.29 bits per heavy atom. The summed E-state index contributed by atoms with van der Waals surface area (Å²) in [7, 11) is 0.